The van der Waals surface area contributed by atoms with E-state index in [4.69, 9.17) is 14.9 Å². The molecule has 3 N–H and O–H groups in total. The van der Waals surface area contributed by atoms with Gasteiger partial charge in [0.1, 0.15) is 17.7 Å². The van der Waals surface area contributed by atoms with E-state index in [-0.39, 0.29) is 11.9 Å². The Morgan fingerprint density at radius 2 is 1.61 bits per heavy atom. The lowest BCUT2D eigenvalue weighted by atomic mass is 9.89. The number of halogens is 1. The Morgan fingerprint density at radius 1 is 1.00 bits per heavy atom. The highest BCUT2D eigenvalue weighted by molar-refractivity contribution is 5.89. The van der Waals surface area contributed by atoms with E-state index >= 15 is 0 Å². The number of ether oxygens (including phenoxy) is 1. The van der Waals surface area contributed by atoms with Crippen molar-refractivity contribution in [2.45, 2.75) is 18.4 Å². The van der Waals surface area contributed by atoms with Crippen molar-refractivity contribution in [1.82, 2.24) is 5.32 Å². The minimum Gasteiger partial charge on any atom is -0.490 e. The Hall–Kier alpha value is -3.19. The lowest BCUT2D eigenvalue weighted by Gasteiger charge is -2.32. The van der Waals surface area contributed by atoms with Crippen molar-refractivity contribution in [2.24, 2.45) is 0 Å². The third kappa shape index (κ3) is 7.20. The number of piperidine rings is 1. The highest BCUT2D eigenvalue weighted by atomic mass is 19.1. The number of hydrogen-bond acceptors (Lipinski definition) is 4. The molecule has 6 nitrogen and oxygen atoms in total. The molecule has 0 bridgehead atoms. The second-order valence-electron chi connectivity index (χ2n) is 6.13. The predicted molar refractivity (Wildman–Crippen MR) is 102 cm³/mol. The Balaban J connectivity index is 0.000000300. The topological polar surface area (TPSA) is 95.9 Å². The molecule has 1 aliphatic rings. The van der Waals surface area contributed by atoms with Crippen molar-refractivity contribution in [1.29, 1.82) is 0 Å². The van der Waals surface area contributed by atoms with Crippen LogP contribution in [0.4, 0.5) is 4.39 Å². The summed E-state index contributed by atoms with van der Waals surface area (Å²) >= 11 is 0. The lowest BCUT2D eigenvalue weighted by molar-refractivity contribution is -0.134. The van der Waals surface area contributed by atoms with Crippen LogP contribution in [0.15, 0.2) is 66.7 Å². The molecule has 2 atom stereocenters. The van der Waals surface area contributed by atoms with Crippen LogP contribution in [0.3, 0.4) is 0 Å². The summed E-state index contributed by atoms with van der Waals surface area (Å²) in [5.74, 6) is -1.68. The third-order valence-electron chi connectivity index (χ3n) is 4.12. The van der Waals surface area contributed by atoms with Crippen molar-refractivity contribution in [3.05, 3.63) is 78.1 Å². The maximum Gasteiger partial charge on any atom is 0.328 e. The van der Waals surface area contributed by atoms with Gasteiger partial charge < -0.3 is 20.3 Å². The molecular weight excluding hydrogens is 365 g/mol. The maximum atomic E-state index is 12.9. The third-order valence-corrected chi connectivity index (χ3v) is 4.12. The quantitative estimate of drug-likeness (QED) is 0.683. The minimum absolute atomic E-state index is 0.129. The molecule has 2 aromatic carbocycles. The highest BCUT2D eigenvalue weighted by Gasteiger charge is 2.27. The summed E-state index contributed by atoms with van der Waals surface area (Å²) in [5.41, 5.74) is 1.28. The van der Waals surface area contributed by atoms with Crippen LogP contribution in [0.25, 0.3) is 0 Å². The van der Waals surface area contributed by atoms with E-state index < -0.39 is 11.9 Å². The van der Waals surface area contributed by atoms with Crippen LogP contribution in [-0.2, 0) is 9.59 Å². The molecule has 0 radical (unpaired) electrons. The molecule has 1 saturated heterocycles. The molecule has 0 aromatic heterocycles. The Bertz CT molecular complexity index is 776. The molecular formula is C21H22FNO5. The molecule has 1 heterocycles. The molecule has 0 aliphatic carbocycles. The average molecular weight is 387 g/mol. The molecule has 0 amide bonds. The highest BCUT2D eigenvalue weighted by Crippen LogP contribution is 2.27. The summed E-state index contributed by atoms with van der Waals surface area (Å²) in [6.07, 6.45) is 2.20. The molecule has 28 heavy (non-hydrogen) atoms. The predicted octanol–water partition coefficient (Wildman–Crippen LogP) is 3.06. The monoisotopic (exact) mass is 387 g/mol. The number of aliphatic carboxylic acids is 2. The minimum atomic E-state index is -1.26. The van der Waals surface area contributed by atoms with Gasteiger partial charge in [-0.2, -0.15) is 0 Å². The second kappa shape index (κ2) is 10.8. The van der Waals surface area contributed by atoms with Crippen LogP contribution >= 0.6 is 0 Å². The lowest BCUT2D eigenvalue weighted by Crippen LogP contribution is -2.41. The number of rotatable bonds is 5. The molecule has 1 aliphatic heterocycles. The van der Waals surface area contributed by atoms with Gasteiger partial charge in [0.2, 0.25) is 0 Å². The molecule has 1 fully saturated rings. The first-order valence-corrected chi connectivity index (χ1v) is 8.77. The molecule has 2 aromatic rings. The molecule has 7 heteroatoms. The largest absolute Gasteiger partial charge is 0.490 e. The van der Waals surface area contributed by atoms with E-state index in [0.29, 0.717) is 18.1 Å². The standard InChI is InChI=1S/C17H18FNO.C4H4O4/c18-14-6-8-15(9-7-14)20-17-10-11-19-12-16(17)13-4-2-1-3-5-13;5-3(6)1-2-4(7)8/h1-9,16-17,19H,10-12H2;1-2H,(H,5,6)(H,7,8). The van der Waals surface area contributed by atoms with E-state index in [0.717, 1.165) is 25.3 Å². The number of carboxylic acid groups (broad SMARTS) is 2. The number of nitrogens with one attached hydrogen (secondary N) is 1. The maximum absolute atomic E-state index is 12.9. The zero-order valence-electron chi connectivity index (χ0n) is 15.1. The van der Waals surface area contributed by atoms with Gasteiger partial charge in [-0.05, 0) is 42.8 Å². The van der Waals surface area contributed by atoms with Crippen molar-refractivity contribution in [3.63, 3.8) is 0 Å². The van der Waals surface area contributed by atoms with Gasteiger partial charge >= 0.3 is 11.9 Å². The summed E-state index contributed by atoms with van der Waals surface area (Å²) in [4.78, 5) is 19.1. The Labute approximate surface area is 162 Å². The molecule has 148 valence electrons. The van der Waals surface area contributed by atoms with Crippen molar-refractivity contribution in [3.8, 4) is 5.75 Å². The molecule has 0 spiro atoms. The first-order valence-electron chi connectivity index (χ1n) is 8.77. The van der Waals surface area contributed by atoms with E-state index in [1.807, 2.05) is 6.07 Å². The normalized spacial score (nSPS) is 18.8. The molecule has 2 unspecified atom stereocenters. The fourth-order valence-corrected chi connectivity index (χ4v) is 2.84. The number of hydrogen-bond donors (Lipinski definition) is 3. The van der Waals surface area contributed by atoms with Gasteiger partial charge in [0.05, 0.1) is 0 Å². The van der Waals surface area contributed by atoms with Crippen molar-refractivity contribution in [2.75, 3.05) is 13.1 Å². The van der Waals surface area contributed by atoms with Crippen LogP contribution in [0, 0.1) is 5.82 Å². The van der Waals surface area contributed by atoms with Crippen molar-refractivity contribution < 1.29 is 28.9 Å². The van der Waals surface area contributed by atoms with E-state index in [2.05, 4.69) is 29.6 Å². The van der Waals surface area contributed by atoms with Crippen LogP contribution < -0.4 is 10.1 Å². The van der Waals surface area contributed by atoms with Gasteiger partial charge in [0.15, 0.2) is 0 Å². The Kier molecular flexibility index (Phi) is 8.17. The fraction of sp³-hybridized carbons (Fsp3) is 0.238. The molecule has 0 saturated carbocycles. The van der Waals surface area contributed by atoms with Gasteiger partial charge in [-0.1, -0.05) is 30.3 Å². The summed E-state index contributed by atoms with van der Waals surface area (Å²) in [6.45, 7) is 1.87. The average Bonchev–Trinajstić information content (AvgIpc) is 2.70. The van der Waals surface area contributed by atoms with Gasteiger partial charge in [0, 0.05) is 24.6 Å². The van der Waals surface area contributed by atoms with Crippen molar-refractivity contribution >= 4 is 11.9 Å². The van der Waals surface area contributed by atoms with E-state index in [1.54, 1.807) is 12.1 Å². The van der Waals surface area contributed by atoms with E-state index in [9.17, 15) is 14.0 Å². The summed E-state index contributed by atoms with van der Waals surface area (Å²) in [7, 11) is 0. The Morgan fingerprint density at radius 3 is 2.18 bits per heavy atom. The smallest absolute Gasteiger partial charge is 0.328 e. The summed E-state index contributed by atoms with van der Waals surface area (Å²) in [5, 5.41) is 19.0. The first kappa shape index (κ1) is 21.1. The fourth-order valence-electron chi connectivity index (χ4n) is 2.84. The number of benzene rings is 2. The van der Waals surface area contributed by atoms with Crippen LogP contribution in [0.5, 0.6) is 5.75 Å². The number of carbonyl (C=O) groups is 2. The van der Waals surface area contributed by atoms with Gasteiger partial charge in [-0.3, -0.25) is 0 Å². The van der Waals surface area contributed by atoms with Gasteiger partial charge in [0.25, 0.3) is 0 Å². The second-order valence-corrected chi connectivity index (χ2v) is 6.13. The number of carboxylic acids is 2. The van der Waals surface area contributed by atoms with E-state index in [1.165, 1.54) is 17.7 Å². The first-order chi connectivity index (χ1) is 13.5. The van der Waals surface area contributed by atoms with Crippen LogP contribution in [-0.4, -0.2) is 41.3 Å². The van der Waals surface area contributed by atoms with Gasteiger partial charge in [-0.25, -0.2) is 14.0 Å². The summed E-state index contributed by atoms with van der Waals surface area (Å²) in [6, 6.07) is 16.7. The zero-order chi connectivity index (χ0) is 20.4. The van der Waals surface area contributed by atoms with Crippen LogP contribution in [0.2, 0.25) is 0 Å². The molecule has 3 rings (SSSR count). The van der Waals surface area contributed by atoms with Crippen LogP contribution in [0.1, 0.15) is 17.9 Å². The zero-order valence-corrected chi connectivity index (χ0v) is 15.1. The summed E-state index contributed by atoms with van der Waals surface area (Å²) < 4.78 is 19.0. The van der Waals surface area contributed by atoms with Gasteiger partial charge in [-0.15, -0.1) is 0 Å². The SMILES string of the molecule is Fc1ccc(OC2CCNCC2c2ccccc2)cc1.O=C(O)C=CC(=O)O.